The van der Waals surface area contributed by atoms with Crippen LogP contribution in [0.2, 0.25) is 0 Å². The third kappa shape index (κ3) is 6.79. The van der Waals surface area contributed by atoms with E-state index in [-0.39, 0.29) is 13.2 Å². The molecule has 0 amide bonds. The minimum atomic E-state index is -1.25. The summed E-state index contributed by atoms with van der Waals surface area (Å²) in [4.78, 5) is 10.6. The van der Waals surface area contributed by atoms with E-state index in [1.165, 1.54) is 14.2 Å². The Balaban J connectivity index is 3.61. The standard InChI is InChI=1S/C8H16O6/c1-11-3-5-13-8(7(9)10)14-6-4-12-2/h8H,3-6H2,1-2H3,(H,9,10). The molecular formula is C8H16O6. The van der Waals surface area contributed by atoms with Gasteiger partial charge in [0.1, 0.15) is 0 Å². The van der Waals surface area contributed by atoms with Crippen molar-refractivity contribution in [2.45, 2.75) is 6.29 Å². The minimum Gasteiger partial charge on any atom is -0.477 e. The molecule has 1 N–H and O–H groups in total. The molecule has 0 unspecified atom stereocenters. The van der Waals surface area contributed by atoms with E-state index in [0.29, 0.717) is 13.2 Å². The molecule has 0 spiro atoms. The quantitative estimate of drug-likeness (QED) is 0.415. The highest BCUT2D eigenvalue weighted by molar-refractivity contribution is 5.70. The van der Waals surface area contributed by atoms with Crippen molar-refractivity contribution in [2.24, 2.45) is 0 Å². The van der Waals surface area contributed by atoms with E-state index in [2.05, 4.69) is 0 Å². The van der Waals surface area contributed by atoms with Crippen LogP contribution in [0.15, 0.2) is 0 Å². The van der Waals surface area contributed by atoms with Gasteiger partial charge in [-0.3, -0.25) is 0 Å². The SMILES string of the molecule is COCCOC(OCCOC)C(=O)O. The summed E-state index contributed by atoms with van der Waals surface area (Å²) in [6.07, 6.45) is -1.25. The second-order valence-corrected chi connectivity index (χ2v) is 2.40. The second kappa shape index (κ2) is 8.89. The predicted molar refractivity (Wildman–Crippen MR) is 47.1 cm³/mol. The van der Waals surface area contributed by atoms with Crippen LogP contribution < -0.4 is 0 Å². The summed E-state index contributed by atoms with van der Waals surface area (Å²) in [6.45, 7) is 1.02. The molecule has 0 atom stereocenters. The van der Waals surface area contributed by atoms with Crippen LogP contribution in [-0.2, 0) is 23.7 Å². The van der Waals surface area contributed by atoms with Crippen LogP contribution in [0.25, 0.3) is 0 Å². The Hall–Kier alpha value is -0.690. The number of carboxylic acid groups (broad SMARTS) is 1. The molecule has 6 nitrogen and oxygen atoms in total. The first-order valence-electron chi connectivity index (χ1n) is 4.16. The Labute approximate surface area is 82.7 Å². The van der Waals surface area contributed by atoms with Crippen LogP contribution in [-0.4, -0.2) is 58.0 Å². The topological polar surface area (TPSA) is 74.2 Å². The van der Waals surface area contributed by atoms with Crippen molar-refractivity contribution >= 4 is 5.97 Å². The van der Waals surface area contributed by atoms with Gasteiger partial charge in [0, 0.05) is 14.2 Å². The monoisotopic (exact) mass is 208 g/mol. The van der Waals surface area contributed by atoms with Crippen molar-refractivity contribution in [1.29, 1.82) is 0 Å². The van der Waals surface area contributed by atoms with Crippen molar-refractivity contribution < 1.29 is 28.8 Å². The van der Waals surface area contributed by atoms with Crippen molar-refractivity contribution in [3.63, 3.8) is 0 Å². The number of ether oxygens (including phenoxy) is 4. The van der Waals surface area contributed by atoms with E-state index in [9.17, 15) is 4.79 Å². The van der Waals surface area contributed by atoms with Gasteiger partial charge in [-0.15, -0.1) is 0 Å². The molecule has 14 heavy (non-hydrogen) atoms. The molecular weight excluding hydrogens is 192 g/mol. The molecule has 0 aromatic heterocycles. The van der Waals surface area contributed by atoms with Gasteiger partial charge in [-0.25, -0.2) is 4.79 Å². The lowest BCUT2D eigenvalue weighted by Gasteiger charge is -2.13. The van der Waals surface area contributed by atoms with Gasteiger partial charge in [0.25, 0.3) is 6.29 Å². The number of hydrogen-bond donors (Lipinski definition) is 1. The van der Waals surface area contributed by atoms with E-state index in [1.54, 1.807) is 0 Å². The molecule has 0 saturated heterocycles. The van der Waals surface area contributed by atoms with Crippen LogP contribution in [0.1, 0.15) is 0 Å². The van der Waals surface area contributed by atoms with Crippen molar-refractivity contribution in [1.82, 2.24) is 0 Å². The average Bonchev–Trinajstić information content (AvgIpc) is 2.15. The summed E-state index contributed by atoms with van der Waals surface area (Å²) in [5, 5.41) is 8.64. The van der Waals surface area contributed by atoms with Crippen molar-refractivity contribution in [3.8, 4) is 0 Å². The highest BCUT2D eigenvalue weighted by Gasteiger charge is 2.17. The van der Waals surface area contributed by atoms with Gasteiger partial charge in [0.15, 0.2) is 0 Å². The Bertz CT molecular complexity index is 139. The minimum absolute atomic E-state index is 0.181. The Morgan fingerprint density at radius 1 is 1.07 bits per heavy atom. The van der Waals surface area contributed by atoms with Gasteiger partial charge in [-0.2, -0.15) is 0 Å². The zero-order valence-corrected chi connectivity index (χ0v) is 8.39. The highest BCUT2D eigenvalue weighted by atomic mass is 16.7. The van der Waals surface area contributed by atoms with Crippen molar-refractivity contribution in [2.75, 3.05) is 40.6 Å². The molecule has 0 aromatic rings. The van der Waals surface area contributed by atoms with Crippen LogP contribution >= 0.6 is 0 Å². The van der Waals surface area contributed by atoms with E-state index in [0.717, 1.165) is 0 Å². The van der Waals surface area contributed by atoms with Crippen LogP contribution in [0.4, 0.5) is 0 Å². The maximum absolute atomic E-state index is 10.6. The fraction of sp³-hybridized carbons (Fsp3) is 0.875. The Morgan fingerprint density at radius 2 is 1.50 bits per heavy atom. The zero-order valence-electron chi connectivity index (χ0n) is 8.39. The van der Waals surface area contributed by atoms with E-state index >= 15 is 0 Å². The lowest BCUT2D eigenvalue weighted by atomic mass is 10.6. The van der Waals surface area contributed by atoms with E-state index in [4.69, 9.17) is 24.1 Å². The average molecular weight is 208 g/mol. The molecule has 6 heteroatoms. The number of aliphatic carboxylic acids is 1. The molecule has 0 rings (SSSR count). The first-order chi connectivity index (χ1) is 6.72. The van der Waals surface area contributed by atoms with Crippen LogP contribution in [0, 0.1) is 0 Å². The lowest BCUT2D eigenvalue weighted by Crippen LogP contribution is -2.29. The lowest BCUT2D eigenvalue weighted by molar-refractivity contribution is -0.193. The summed E-state index contributed by atoms with van der Waals surface area (Å²) in [5.74, 6) is -1.16. The molecule has 0 aliphatic rings. The molecule has 0 saturated carbocycles. The Kier molecular flexibility index (Phi) is 8.45. The largest absolute Gasteiger partial charge is 0.477 e. The molecule has 0 radical (unpaired) electrons. The molecule has 0 aromatic carbocycles. The third-order valence-corrected chi connectivity index (χ3v) is 1.32. The normalized spacial score (nSPS) is 10.8. The van der Waals surface area contributed by atoms with E-state index < -0.39 is 12.3 Å². The summed E-state index contributed by atoms with van der Waals surface area (Å²) in [7, 11) is 3.01. The molecule has 0 heterocycles. The van der Waals surface area contributed by atoms with Gasteiger partial charge in [-0.05, 0) is 0 Å². The summed E-state index contributed by atoms with van der Waals surface area (Å²) in [6, 6.07) is 0. The number of methoxy groups -OCH3 is 2. The van der Waals surface area contributed by atoms with Crippen LogP contribution in [0.3, 0.4) is 0 Å². The first kappa shape index (κ1) is 13.3. The van der Waals surface area contributed by atoms with Gasteiger partial charge in [0.2, 0.25) is 0 Å². The van der Waals surface area contributed by atoms with Gasteiger partial charge < -0.3 is 24.1 Å². The number of hydrogen-bond acceptors (Lipinski definition) is 5. The number of rotatable bonds is 9. The Morgan fingerprint density at radius 3 is 1.79 bits per heavy atom. The molecule has 84 valence electrons. The van der Waals surface area contributed by atoms with E-state index in [1.807, 2.05) is 0 Å². The molecule has 0 bridgehead atoms. The molecule has 0 fully saturated rings. The number of carboxylic acids is 1. The fourth-order valence-electron chi connectivity index (χ4n) is 0.668. The predicted octanol–water partition coefficient (Wildman–Crippen LogP) is -0.277. The maximum atomic E-state index is 10.6. The summed E-state index contributed by atoms with van der Waals surface area (Å²) < 4.78 is 19.2. The fourth-order valence-corrected chi connectivity index (χ4v) is 0.668. The molecule has 0 aliphatic carbocycles. The maximum Gasteiger partial charge on any atom is 0.361 e. The van der Waals surface area contributed by atoms with Gasteiger partial charge in [-0.1, -0.05) is 0 Å². The smallest absolute Gasteiger partial charge is 0.361 e. The van der Waals surface area contributed by atoms with Crippen molar-refractivity contribution in [3.05, 3.63) is 0 Å². The van der Waals surface area contributed by atoms with Crippen LogP contribution in [0.5, 0.6) is 0 Å². The van der Waals surface area contributed by atoms with Gasteiger partial charge >= 0.3 is 5.97 Å². The first-order valence-corrected chi connectivity index (χ1v) is 4.16. The molecule has 0 aliphatic heterocycles. The summed E-state index contributed by atoms with van der Waals surface area (Å²) >= 11 is 0. The summed E-state index contributed by atoms with van der Waals surface area (Å²) in [5.41, 5.74) is 0. The number of carbonyl (C=O) groups is 1. The zero-order chi connectivity index (χ0) is 10.8. The highest BCUT2D eigenvalue weighted by Crippen LogP contribution is 1.95. The second-order valence-electron chi connectivity index (χ2n) is 2.40. The third-order valence-electron chi connectivity index (χ3n) is 1.32. The van der Waals surface area contributed by atoms with Gasteiger partial charge in [0.05, 0.1) is 26.4 Å².